The number of rotatable bonds is 4. The lowest BCUT2D eigenvalue weighted by atomic mass is 9.99. The minimum atomic E-state index is -1.14. The number of carboxylic acid groups (broad SMARTS) is 1. The molecule has 0 saturated carbocycles. The number of amides is 2. The van der Waals surface area contributed by atoms with Gasteiger partial charge in [0.25, 0.3) is 11.8 Å². The van der Waals surface area contributed by atoms with Crippen molar-refractivity contribution in [3.8, 4) is 0 Å². The van der Waals surface area contributed by atoms with E-state index in [0.717, 1.165) is 4.90 Å². The number of imide groups is 1. The number of hydrogen-bond acceptors (Lipinski definition) is 3. The highest BCUT2D eigenvalue weighted by atomic mass is 16.4. The molecule has 0 radical (unpaired) electrons. The van der Waals surface area contributed by atoms with E-state index in [1.807, 2.05) is 13.8 Å². The first-order valence-electron chi connectivity index (χ1n) is 6.96. The fraction of sp³-hybridized carbons (Fsp3) is 0.438. The van der Waals surface area contributed by atoms with Gasteiger partial charge in [-0.1, -0.05) is 26.0 Å². The topological polar surface area (TPSA) is 74.7 Å². The molecule has 1 N–H and O–H groups in total. The zero-order chi connectivity index (χ0) is 15.9. The van der Waals surface area contributed by atoms with Crippen molar-refractivity contribution < 1.29 is 19.5 Å². The summed E-state index contributed by atoms with van der Waals surface area (Å²) in [5.74, 6) is -2.07. The Kier molecular flexibility index (Phi) is 3.85. The molecule has 0 aromatic heterocycles. The van der Waals surface area contributed by atoms with Crippen molar-refractivity contribution in [1.82, 2.24) is 4.90 Å². The zero-order valence-corrected chi connectivity index (χ0v) is 12.6. The van der Waals surface area contributed by atoms with Gasteiger partial charge in [-0.15, -0.1) is 0 Å². The number of aryl methyl sites for hydroxylation is 2. The van der Waals surface area contributed by atoms with Crippen LogP contribution in [0.4, 0.5) is 0 Å². The molecule has 1 aromatic rings. The smallest absolute Gasteiger partial charge is 0.326 e. The van der Waals surface area contributed by atoms with Crippen LogP contribution in [0.3, 0.4) is 0 Å². The Morgan fingerprint density at radius 1 is 1.10 bits per heavy atom. The van der Waals surface area contributed by atoms with Crippen molar-refractivity contribution in [3.63, 3.8) is 0 Å². The van der Waals surface area contributed by atoms with Gasteiger partial charge in [0.2, 0.25) is 0 Å². The molecule has 21 heavy (non-hydrogen) atoms. The Morgan fingerprint density at radius 3 is 1.86 bits per heavy atom. The molecule has 0 fully saturated rings. The van der Waals surface area contributed by atoms with Crippen LogP contribution in [-0.4, -0.2) is 33.8 Å². The van der Waals surface area contributed by atoms with Crippen LogP contribution in [0.25, 0.3) is 0 Å². The van der Waals surface area contributed by atoms with E-state index in [4.69, 9.17) is 0 Å². The Balaban J connectivity index is 2.52. The van der Waals surface area contributed by atoms with E-state index in [-0.39, 0.29) is 12.3 Å². The van der Waals surface area contributed by atoms with Gasteiger partial charge < -0.3 is 5.11 Å². The van der Waals surface area contributed by atoms with E-state index < -0.39 is 23.8 Å². The van der Waals surface area contributed by atoms with Gasteiger partial charge in [-0.3, -0.25) is 14.5 Å². The second-order valence-electron chi connectivity index (χ2n) is 5.91. The maximum Gasteiger partial charge on any atom is 0.326 e. The summed E-state index contributed by atoms with van der Waals surface area (Å²) in [7, 11) is 0. The summed E-state index contributed by atoms with van der Waals surface area (Å²) in [5, 5.41) is 9.39. The third-order valence-electron chi connectivity index (χ3n) is 3.78. The highest BCUT2D eigenvalue weighted by Crippen LogP contribution is 2.31. The number of aliphatic carboxylic acids is 1. The van der Waals surface area contributed by atoms with Gasteiger partial charge in [0.1, 0.15) is 6.04 Å². The van der Waals surface area contributed by atoms with Crippen molar-refractivity contribution in [1.29, 1.82) is 0 Å². The third-order valence-corrected chi connectivity index (χ3v) is 3.78. The van der Waals surface area contributed by atoms with Gasteiger partial charge in [0, 0.05) is 0 Å². The van der Waals surface area contributed by atoms with Crippen LogP contribution < -0.4 is 0 Å². The lowest BCUT2D eigenvalue weighted by molar-refractivity contribution is -0.142. The molecule has 112 valence electrons. The molecule has 2 rings (SSSR count). The van der Waals surface area contributed by atoms with Crippen LogP contribution in [0.2, 0.25) is 0 Å². The van der Waals surface area contributed by atoms with E-state index >= 15 is 0 Å². The maximum absolute atomic E-state index is 12.5. The molecule has 1 unspecified atom stereocenters. The van der Waals surface area contributed by atoms with Gasteiger partial charge in [0.05, 0.1) is 11.1 Å². The molecule has 1 aliphatic rings. The number of hydrogen-bond donors (Lipinski definition) is 1. The quantitative estimate of drug-likeness (QED) is 0.864. The summed E-state index contributed by atoms with van der Waals surface area (Å²) in [6.07, 6.45) is 0.249. The van der Waals surface area contributed by atoms with E-state index in [1.165, 1.54) is 0 Å². The Bertz CT molecular complexity index is 592. The van der Waals surface area contributed by atoms with E-state index in [2.05, 4.69) is 0 Å². The molecule has 5 heteroatoms. The summed E-state index contributed by atoms with van der Waals surface area (Å²) in [6, 6.07) is 2.44. The van der Waals surface area contributed by atoms with Crippen LogP contribution in [0.5, 0.6) is 0 Å². The van der Waals surface area contributed by atoms with Crippen molar-refractivity contribution in [2.45, 2.75) is 40.2 Å². The molecule has 1 aliphatic heterocycles. The number of carbonyl (C=O) groups is 3. The second kappa shape index (κ2) is 5.31. The van der Waals surface area contributed by atoms with Crippen molar-refractivity contribution in [2.75, 3.05) is 0 Å². The largest absolute Gasteiger partial charge is 0.480 e. The van der Waals surface area contributed by atoms with Crippen LogP contribution in [0, 0.1) is 19.8 Å². The molecular weight excluding hydrogens is 270 g/mol. The molecule has 5 nitrogen and oxygen atoms in total. The Labute approximate surface area is 123 Å². The summed E-state index contributed by atoms with van der Waals surface area (Å²) in [4.78, 5) is 37.5. The van der Waals surface area contributed by atoms with Crippen LogP contribution in [0.1, 0.15) is 52.1 Å². The summed E-state index contributed by atoms with van der Waals surface area (Å²) in [5.41, 5.74) is 2.08. The number of nitrogens with zero attached hydrogens (tertiary/aromatic N) is 1. The average Bonchev–Trinajstić information content (AvgIpc) is 2.64. The van der Waals surface area contributed by atoms with Crippen molar-refractivity contribution in [2.24, 2.45) is 5.92 Å². The molecule has 1 heterocycles. The molecule has 2 amide bonds. The molecule has 1 aromatic carbocycles. The third kappa shape index (κ3) is 2.44. The standard InChI is InChI=1S/C16H19NO4/c1-8(2)7-11(16(20)21)17-14(18)12-9(3)5-6-10(4)13(12)15(17)19/h5-6,8,11H,7H2,1-4H3,(H,20,21). The molecule has 0 aliphatic carbocycles. The van der Waals surface area contributed by atoms with Gasteiger partial charge >= 0.3 is 5.97 Å². The summed E-state index contributed by atoms with van der Waals surface area (Å²) >= 11 is 0. The normalized spacial score (nSPS) is 15.6. The van der Waals surface area contributed by atoms with Crippen LogP contribution >= 0.6 is 0 Å². The highest BCUT2D eigenvalue weighted by Gasteiger charge is 2.44. The van der Waals surface area contributed by atoms with Gasteiger partial charge in [-0.05, 0) is 37.3 Å². The van der Waals surface area contributed by atoms with E-state index in [0.29, 0.717) is 22.3 Å². The zero-order valence-electron chi connectivity index (χ0n) is 12.6. The molecule has 0 spiro atoms. The average molecular weight is 289 g/mol. The maximum atomic E-state index is 12.5. The second-order valence-corrected chi connectivity index (χ2v) is 5.91. The van der Waals surface area contributed by atoms with E-state index in [9.17, 15) is 19.5 Å². The molecular formula is C16H19NO4. The SMILES string of the molecule is Cc1ccc(C)c2c1C(=O)N(C(CC(C)C)C(=O)O)C2=O. The highest BCUT2D eigenvalue weighted by molar-refractivity contribution is 6.23. The first kappa shape index (κ1) is 15.2. The lowest BCUT2D eigenvalue weighted by Crippen LogP contribution is -2.45. The number of carboxylic acids is 1. The molecule has 1 atom stereocenters. The molecule has 0 bridgehead atoms. The fourth-order valence-corrected chi connectivity index (χ4v) is 2.74. The van der Waals surface area contributed by atoms with E-state index in [1.54, 1.807) is 26.0 Å². The number of benzene rings is 1. The molecule has 0 saturated heterocycles. The van der Waals surface area contributed by atoms with Gasteiger partial charge in [-0.2, -0.15) is 0 Å². The minimum Gasteiger partial charge on any atom is -0.480 e. The Hall–Kier alpha value is -2.17. The Morgan fingerprint density at radius 2 is 1.52 bits per heavy atom. The van der Waals surface area contributed by atoms with Crippen molar-refractivity contribution >= 4 is 17.8 Å². The number of fused-ring (bicyclic) bond motifs is 1. The summed E-state index contributed by atoms with van der Waals surface area (Å²) < 4.78 is 0. The predicted molar refractivity (Wildman–Crippen MR) is 77.3 cm³/mol. The fourth-order valence-electron chi connectivity index (χ4n) is 2.74. The first-order chi connectivity index (χ1) is 9.75. The van der Waals surface area contributed by atoms with Crippen LogP contribution in [0.15, 0.2) is 12.1 Å². The monoisotopic (exact) mass is 289 g/mol. The van der Waals surface area contributed by atoms with Crippen LogP contribution in [-0.2, 0) is 4.79 Å². The lowest BCUT2D eigenvalue weighted by Gasteiger charge is -2.24. The van der Waals surface area contributed by atoms with Crippen molar-refractivity contribution in [3.05, 3.63) is 34.4 Å². The van der Waals surface area contributed by atoms with Gasteiger partial charge in [-0.25, -0.2) is 4.79 Å². The minimum absolute atomic E-state index is 0.0672. The predicted octanol–water partition coefficient (Wildman–Crippen LogP) is 2.40. The number of carbonyl (C=O) groups excluding carboxylic acids is 2. The van der Waals surface area contributed by atoms with Gasteiger partial charge in [0.15, 0.2) is 0 Å². The summed E-state index contributed by atoms with van der Waals surface area (Å²) in [6.45, 7) is 7.24. The first-order valence-corrected chi connectivity index (χ1v) is 6.96.